The van der Waals surface area contributed by atoms with E-state index in [0.29, 0.717) is 0 Å². The molecule has 0 aliphatic carbocycles. The van der Waals surface area contributed by atoms with Gasteiger partial charge in [-0.05, 0) is 0 Å². The van der Waals surface area contributed by atoms with E-state index < -0.39 is 0 Å². The summed E-state index contributed by atoms with van der Waals surface area (Å²) in [4.78, 5) is 6.00. The van der Waals surface area contributed by atoms with Gasteiger partial charge in [0.25, 0.3) is 0 Å². The number of hydrogen-bond donors (Lipinski definition) is 0. The molecular weight excluding hydrogens is 279 g/mol. The van der Waals surface area contributed by atoms with Gasteiger partial charge >= 0.3 is 16.8 Å². The molecule has 0 atom stereocenters. The maximum Gasteiger partial charge on any atom is 3.00 e. The van der Waals surface area contributed by atoms with Crippen molar-refractivity contribution >= 4 is 0 Å². The molecule has 96 valence electrons. The topological polar surface area (TPSA) is 282 Å². The molecule has 0 aromatic heterocycles. The zero-order valence-electron chi connectivity index (χ0n) is 8.11. The van der Waals surface area contributed by atoms with E-state index >= 15 is 0 Å². The molecule has 0 aromatic carbocycles. The molecule has 0 aliphatic rings. The largest absolute Gasteiger partial charge is 3.00 e. The number of nitrogens with zero attached hydrogens (tertiary/aromatic N) is 12. The van der Waals surface area contributed by atoms with Crippen LogP contribution in [0.2, 0.25) is 0 Å². The fourth-order valence-electron chi connectivity index (χ4n) is 0. The van der Waals surface area contributed by atoms with Crippen LogP contribution in [0.1, 0.15) is 0 Å². The Balaban J connectivity index is -0.0000000221. The van der Waals surface area contributed by atoms with Crippen LogP contribution in [0.4, 0.5) is 0 Å². The minimum atomic E-state index is 0. The van der Waals surface area contributed by atoms with Crippen LogP contribution in [0.5, 0.6) is 0 Å². The Hall–Kier alpha value is -2.33. The zero-order chi connectivity index (χ0) is 14.2. The van der Waals surface area contributed by atoms with Gasteiger partial charge in [0.15, 0.2) is 0 Å². The van der Waals surface area contributed by atoms with E-state index in [1.165, 1.54) is 19.6 Å². The van der Waals surface area contributed by atoms with Crippen molar-refractivity contribution in [3.05, 3.63) is 75.4 Å². The van der Waals surface area contributed by atoms with Crippen LogP contribution >= 0.6 is 0 Å². The van der Waals surface area contributed by atoms with Gasteiger partial charge in [0.2, 0.25) is 0 Å². The van der Waals surface area contributed by atoms with E-state index in [-0.39, 0.29) is 29.9 Å². The second-order valence-electron chi connectivity index (χ2n) is 0.858. The zero-order valence-corrected chi connectivity index (χ0v) is 9.16. The normalized spacial score (nSPS) is 3.65. The molecule has 15 heteroatoms. The SMILES string of the molecule is [Co+3].[N-]=[N+]=[N-].[N-]=[N+]=[N-].[N-]=[N+]=[N-].[N-]=[N+]=[N-].[NH-]CC[NH-]. The van der Waals surface area contributed by atoms with E-state index in [4.69, 9.17) is 55.7 Å². The average Bonchev–Trinajstić information content (AvgIpc) is 2.22. The smallest absolute Gasteiger partial charge is 0.679 e. The van der Waals surface area contributed by atoms with Gasteiger partial charge in [0.05, 0.1) is 0 Å². The molecule has 0 unspecified atom stereocenters. The molecule has 0 heterocycles. The van der Waals surface area contributed by atoms with Crippen molar-refractivity contribution < 1.29 is 16.8 Å². The third-order valence-corrected chi connectivity index (χ3v) is 0.125. The summed E-state index contributed by atoms with van der Waals surface area (Å²) in [5.74, 6) is 0. The minimum absolute atomic E-state index is 0. The van der Waals surface area contributed by atoms with Crippen molar-refractivity contribution in [1.82, 2.24) is 0 Å². The monoisotopic (exact) mass is 285 g/mol. The molecule has 0 spiro atoms. The van der Waals surface area contributed by atoms with Gasteiger partial charge in [-0.3, -0.25) is 19.6 Å². The van der Waals surface area contributed by atoms with Crippen LogP contribution < -0.4 is 0 Å². The molecule has 0 saturated carbocycles. The predicted molar refractivity (Wildman–Crippen MR) is 58.7 cm³/mol. The molecule has 0 amide bonds. The summed E-state index contributed by atoms with van der Waals surface area (Å²) in [6.45, 7) is 0.472. The second-order valence-corrected chi connectivity index (χ2v) is 0.858. The first kappa shape index (κ1) is 36.5. The van der Waals surface area contributed by atoms with Crippen molar-refractivity contribution in [2.75, 3.05) is 13.1 Å². The van der Waals surface area contributed by atoms with Crippen LogP contribution in [0.25, 0.3) is 75.4 Å². The fraction of sp³-hybridized carbons (Fsp3) is 1.00. The van der Waals surface area contributed by atoms with Crippen molar-refractivity contribution in [2.45, 2.75) is 0 Å². The van der Waals surface area contributed by atoms with E-state index in [1.54, 1.807) is 0 Å². The fourth-order valence-corrected chi connectivity index (χ4v) is 0. The number of rotatable bonds is 1. The Morgan fingerprint density at radius 1 is 0.529 bits per heavy atom. The van der Waals surface area contributed by atoms with Crippen molar-refractivity contribution in [2.24, 2.45) is 0 Å². The first-order valence-corrected chi connectivity index (χ1v) is 2.81. The van der Waals surface area contributed by atoms with E-state index in [9.17, 15) is 0 Å². The van der Waals surface area contributed by atoms with Crippen molar-refractivity contribution in [1.29, 1.82) is 0 Å². The first-order valence-electron chi connectivity index (χ1n) is 2.81. The summed E-state index contributed by atoms with van der Waals surface area (Å²) in [5, 5.41) is 0. The molecule has 14 nitrogen and oxygen atoms in total. The molecule has 0 aliphatic heterocycles. The Bertz CT molecular complexity index is 169. The average molecular weight is 285 g/mol. The second kappa shape index (κ2) is 163. The van der Waals surface area contributed by atoms with Crippen LogP contribution in [0.3, 0.4) is 0 Å². The Labute approximate surface area is 106 Å². The van der Waals surface area contributed by atoms with Gasteiger partial charge in [-0.1, -0.05) is 0 Å². The van der Waals surface area contributed by atoms with Crippen LogP contribution in [0, 0.1) is 0 Å². The van der Waals surface area contributed by atoms with Gasteiger partial charge in [-0.2, -0.15) is 13.1 Å². The standard InChI is InChI=1S/C2H6N2.Co.4N3/c3-1-2-4;;4*1-3-2/h3-4H,1-2H2;;;;;/q-2;+3;4*-1. The summed E-state index contributed by atoms with van der Waals surface area (Å²) in [5.41, 5.74) is 66.5. The molecule has 0 bridgehead atoms. The van der Waals surface area contributed by atoms with E-state index in [0.717, 1.165) is 0 Å². The third-order valence-electron chi connectivity index (χ3n) is 0.125. The summed E-state index contributed by atoms with van der Waals surface area (Å²) < 4.78 is 0. The summed E-state index contributed by atoms with van der Waals surface area (Å²) >= 11 is 0. The molecule has 0 aromatic rings. The maximum atomic E-state index is 6.75. The van der Waals surface area contributed by atoms with Gasteiger partial charge in [0, 0.05) is 0 Å². The summed E-state index contributed by atoms with van der Waals surface area (Å²) in [6.07, 6.45) is 0. The molecule has 0 saturated heterocycles. The van der Waals surface area contributed by atoms with Gasteiger partial charge in [0.1, 0.15) is 0 Å². The third kappa shape index (κ3) is 1050. The Morgan fingerprint density at radius 3 is 0.588 bits per heavy atom. The number of nitrogens with one attached hydrogen (secondary N) is 2. The van der Waals surface area contributed by atoms with Crippen LogP contribution in [0.15, 0.2) is 0 Å². The quantitative estimate of drug-likeness (QED) is 0.363. The summed E-state index contributed by atoms with van der Waals surface area (Å²) in [6, 6.07) is 0. The molecule has 2 N–H and O–H groups in total. The van der Waals surface area contributed by atoms with E-state index in [2.05, 4.69) is 0 Å². The Kier molecular flexibility index (Phi) is 350. The molecular formula is C2H6CoN14-3. The molecule has 0 rings (SSSR count). The summed E-state index contributed by atoms with van der Waals surface area (Å²) in [7, 11) is 0. The van der Waals surface area contributed by atoms with E-state index in [1.807, 2.05) is 0 Å². The Morgan fingerprint density at radius 2 is 0.588 bits per heavy atom. The van der Waals surface area contributed by atoms with Gasteiger partial charge in [-0.15, -0.1) is 0 Å². The van der Waals surface area contributed by atoms with Gasteiger partial charge < -0.3 is 55.7 Å². The first-order chi connectivity index (χ1) is 7.57. The van der Waals surface area contributed by atoms with Gasteiger partial charge in [-0.25, -0.2) is 0 Å². The van der Waals surface area contributed by atoms with Crippen molar-refractivity contribution in [3.63, 3.8) is 0 Å². The molecule has 0 fully saturated rings. The molecule has 0 radical (unpaired) electrons. The van der Waals surface area contributed by atoms with Crippen LogP contribution in [-0.2, 0) is 16.8 Å². The number of hydrogen-bond acceptors (Lipinski definition) is 0. The predicted octanol–water partition coefficient (Wildman–Crippen LogP) is 4.55. The van der Waals surface area contributed by atoms with Crippen molar-refractivity contribution in [3.8, 4) is 0 Å². The molecule has 17 heavy (non-hydrogen) atoms. The van der Waals surface area contributed by atoms with Crippen LogP contribution in [-0.4, -0.2) is 13.1 Å². The maximum absolute atomic E-state index is 6.75. The minimum Gasteiger partial charge on any atom is -0.679 e.